The zero-order chi connectivity index (χ0) is 22.0. The van der Waals surface area contributed by atoms with Crippen molar-refractivity contribution in [3.05, 3.63) is 65.6 Å². The average molecular weight is 418 g/mol. The summed E-state index contributed by atoms with van der Waals surface area (Å²) in [6.45, 7) is 5.25. The molecule has 0 aliphatic carbocycles. The maximum atomic E-state index is 13.4. The van der Waals surface area contributed by atoms with Crippen molar-refractivity contribution in [1.82, 2.24) is 14.8 Å². The zero-order valence-corrected chi connectivity index (χ0v) is 17.8. The number of carbonyl (C=O) groups is 3. The van der Waals surface area contributed by atoms with E-state index in [1.165, 1.54) is 11.8 Å². The number of nitrogens with zero attached hydrogens (tertiary/aromatic N) is 3. The Kier molecular flexibility index (Phi) is 5.84. The van der Waals surface area contributed by atoms with Crippen molar-refractivity contribution in [2.24, 2.45) is 5.92 Å². The van der Waals surface area contributed by atoms with Crippen LogP contribution in [0.2, 0.25) is 0 Å². The number of nitrogens with one attached hydrogen (secondary N) is 1. The van der Waals surface area contributed by atoms with E-state index in [4.69, 9.17) is 0 Å². The van der Waals surface area contributed by atoms with Gasteiger partial charge in [-0.05, 0) is 48.6 Å². The molecule has 2 aliphatic rings. The topological polar surface area (TPSA) is 82.6 Å². The number of pyridine rings is 1. The van der Waals surface area contributed by atoms with Crippen molar-refractivity contribution in [2.45, 2.75) is 33.2 Å². The largest absolute Gasteiger partial charge is 0.366 e. The predicted molar refractivity (Wildman–Crippen MR) is 117 cm³/mol. The van der Waals surface area contributed by atoms with Gasteiger partial charge < -0.3 is 10.2 Å². The quantitative estimate of drug-likeness (QED) is 0.755. The van der Waals surface area contributed by atoms with E-state index in [-0.39, 0.29) is 24.3 Å². The van der Waals surface area contributed by atoms with E-state index in [0.29, 0.717) is 34.1 Å². The molecule has 160 valence electrons. The van der Waals surface area contributed by atoms with Crippen molar-refractivity contribution >= 4 is 29.0 Å². The molecule has 0 bridgehead atoms. The van der Waals surface area contributed by atoms with Crippen molar-refractivity contribution in [3.63, 3.8) is 0 Å². The minimum Gasteiger partial charge on any atom is -0.366 e. The molecule has 1 atom stereocenters. The first kappa shape index (κ1) is 20.8. The molecule has 2 aromatic rings. The van der Waals surface area contributed by atoms with E-state index in [1.807, 2.05) is 12.1 Å². The summed E-state index contributed by atoms with van der Waals surface area (Å²) in [5.74, 6) is -0.289. The van der Waals surface area contributed by atoms with Gasteiger partial charge >= 0.3 is 0 Å². The standard InChI is InChI=1S/C24H26N4O3/c1-16-6-5-13-27(14-16)22-21(18-8-10-19(11-9-18)26-17(2)29)23(30)28(24(22)31)15-20-7-3-4-12-25-20/h3-4,7-12,16H,5-6,13-15H2,1-2H3,(H,26,29). The number of rotatable bonds is 5. The molecular weight excluding hydrogens is 392 g/mol. The van der Waals surface area contributed by atoms with Gasteiger partial charge in [0.05, 0.1) is 17.8 Å². The normalized spacial score (nSPS) is 19.2. The highest BCUT2D eigenvalue weighted by molar-refractivity contribution is 6.35. The summed E-state index contributed by atoms with van der Waals surface area (Å²) in [5.41, 5.74) is 2.87. The van der Waals surface area contributed by atoms with Crippen LogP contribution in [-0.2, 0) is 20.9 Å². The second kappa shape index (κ2) is 8.71. The van der Waals surface area contributed by atoms with Gasteiger partial charge in [-0.15, -0.1) is 0 Å². The molecule has 2 aliphatic heterocycles. The average Bonchev–Trinajstić information content (AvgIpc) is 2.99. The number of hydrogen-bond donors (Lipinski definition) is 1. The second-order valence-corrected chi connectivity index (χ2v) is 8.19. The van der Waals surface area contributed by atoms with E-state index in [0.717, 1.165) is 25.9 Å². The van der Waals surface area contributed by atoms with Gasteiger partial charge in [-0.2, -0.15) is 0 Å². The van der Waals surface area contributed by atoms with Gasteiger partial charge in [0, 0.05) is 31.9 Å². The predicted octanol–water partition coefficient (Wildman–Crippen LogP) is 3.05. The number of aromatic nitrogens is 1. The molecule has 7 heteroatoms. The Morgan fingerprint density at radius 1 is 1.13 bits per heavy atom. The highest BCUT2D eigenvalue weighted by Crippen LogP contribution is 2.35. The fraction of sp³-hybridized carbons (Fsp3) is 0.333. The Labute approximate surface area is 181 Å². The Hall–Kier alpha value is -3.48. The Morgan fingerprint density at radius 2 is 1.90 bits per heavy atom. The number of piperidine rings is 1. The Balaban J connectivity index is 1.71. The number of likely N-dealkylation sites (tertiary alicyclic amines) is 1. The van der Waals surface area contributed by atoms with E-state index < -0.39 is 0 Å². The number of amides is 3. The molecule has 1 unspecified atom stereocenters. The van der Waals surface area contributed by atoms with E-state index in [1.54, 1.807) is 36.5 Å². The molecule has 0 saturated carbocycles. The van der Waals surface area contributed by atoms with Crippen molar-refractivity contribution in [2.75, 3.05) is 18.4 Å². The van der Waals surface area contributed by atoms with Gasteiger partial charge in [0.25, 0.3) is 11.8 Å². The summed E-state index contributed by atoms with van der Waals surface area (Å²) in [5, 5.41) is 2.73. The third-order valence-corrected chi connectivity index (χ3v) is 5.66. The van der Waals surface area contributed by atoms with E-state index in [2.05, 4.69) is 22.1 Å². The third kappa shape index (κ3) is 4.35. The SMILES string of the molecule is CC(=O)Nc1ccc(C2=C(N3CCCC(C)C3)C(=O)N(Cc3ccccn3)C2=O)cc1. The Morgan fingerprint density at radius 3 is 2.55 bits per heavy atom. The maximum Gasteiger partial charge on any atom is 0.278 e. The summed E-state index contributed by atoms with van der Waals surface area (Å²) in [7, 11) is 0. The number of imide groups is 1. The van der Waals surface area contributed by atoms with Crippen molar-refractivity contribution < 1.29 is 14.4 Å². The molecule has 31 heavy (non-hydrogen) atoms. The van der Waals surface area contributed by atoms with Crippen LogP contribution in [0, 0.1) is 5.92 Å². The lowest BCUT2D eigenvalue weighted by atomic mass is 9.97. The number of anilines is 1. The molecule has 1 aromatic heterocycles. The maximum absolute atomic E-state index is 13.4. The first-order valence-electron chi connectivity index (χ1n) is 10.6. The lowest BCUT2D eigenvalue weighted by molar-refractivity contribution is -0.138. The first-order valence-corrected chi connectivity index (χ1v) is 10.6. The zero-order valence-electron chi connectivity index (χ0n) is 17.8. The van der Waals surface area contributed by atoms with Crippen LogP contribution in [-0.4, -0.2) is 45.6 Å². The molecule has 0 radical (unpaired) electrons. The van der Waals surface area contributed by atoms with Crippen molar-refractivity contribution in [3.8, 4) is 0 Å². The smallest absolute Gasteiger partial charge is 0.278 e. The first-order chi connectivity index (χ1) is 14.9. The lowest BCUT2D eigenvalue weighted by Crippen LogP contribution is -2.39. The van der Waals surface area contributed by atoms with E-state index in [9.17, 15) is 14.4 Å². The minimum atomic E-state index is -0.309. The molecular formula is C24H26N4O3. The lowest BCUT2D eigenvalue weighted by Gasteiger charge is -2.33. The number of benzene rings is 1. The molecule has 4 rings (SSSR count). The van der Waals surface area contributed by atoms with Gasteiger partial charge in [0.1, 0.15) is 5.70 Å². The third-order valence-electron chi connectivity index (χ3n) is 5.66. The summed E-state index contributed by atoms with van der Waals surface area (Å²) in [6.07, 6.45) is 3.76. The highest BCUT2D eigenvalue weighted by atomic mass is 16.2. The van der Waals surface area contributed by atoms with Crippen LogP contribution < -0.4 is 5.32 Å². The van der Waals surface area contributed by atoms with Gasteiger partial charge in [-0.1, -0.05) is 25.1 Å². The van der Waals surface area contributed by atoms with Crippen LogP contribution in [0.25, 0.3) is 5.57 Å². The number of carbonyl (C=O) groups excluding carboxylic acids is 3. The van der Waals surface area contributed by atoms with Crippen LogP contribution in [0.1, 0.15) is 37.9 Å². The Bertz CT molecular complexity index is 1030. The van der Waals surface area contributed by atoms with Gasteiger partial charge in [-0.25, -0.2) is 0 Å². The summed E-state index contributed by atoms with van der Waals surface area (Å²) < 4.78 is 0. The van der Waals surface area contributed by atoms with Crippen LogP contribution in [0.4, 0.5) is 5.69 Å². The van der Waals surface area contributed by atoms with Gasteiger partial charge in [0.15, 0.2) is 0 Å². The van der Waals surface area contributed by atoms with Crippen LogP contribution >= 0.6 is 0 Å². The van der Waals surface area contributed by atoms with Gasteiger partial charge in [-0.3, -0.25) is 24.3 Å². The van der Waals surface area contributed by atoms with Gasteiger partial charge in [0.2, 0.25) is 5.91 Å². The summed E-state index contributed by atoms with van der Waals surface area (Å²) >= 11 is 0. The monoisotopic (exact) mass is 418 g/mol. The molecule has 1 saturated heterocycles. The van der Waals surface area contributed by atoms with Crippen molar-refractivity contribution in [1.29, 1.82) is 0 Å². The molecule has 7 nitrogen and oxygen atoms in total. The molecule has 3 heterocycles. The highest BCUT2D eigenvalue weighted by Gasteiger charge is 2.42. The summed E-state index contributed by atoms with van der Waals surface area (Å²) in [6, 6.07) is 12.5. The minimum absolute atomic E-state index is 0.138. The van der Waals surface area contributed by atoms with Crippen LogP contribution in [0.15, 0.2) is 54.4 Å². The number of hydrogen-bond acceptors (Lipinski definition) is 5. The molecule has 1 aromatic carbocycles. The van der Waals surface area contributed by atoms with Crippen LogP contribution in [0.5, 0.6) is 0 Å². The molecule has 0 spiro atoms. The molecule has 1 fully saturated rings. The fourth-order valence-electron chi connectivity index (χ4n) is 4.23. The second-order valence-electron chi connectivity index (χ2n) is 8.19. The molecule has 3 amide bonds. The summed E-state index contributed by atoms with van der Waals surface area (Å²) in [4.78, 5) is 45.8. The fourth-order valence-corrected chi connectivity index (χ4v) is 4.23. The van der Waals surface area contributed by atoms with E-state index >= 15 is 0 Å². The van der Waals surface area contributed by atoms with Crippen LogP contribution in [0.3, 0.4) is 0 Å². The molecule has 1 N–H and O–H groups in total.